The Morgan fingerprint density at radius 3 is 3.16 bits per heavy atom. The molecule has 132 valence electrons. The van der Waals surface area contributed by atoms with Gasteiger partial charge in [0.05, 0.1) is 17.2 Å². The Morgan fingerprint density at radius 2 is 2.48 bits per heavy atom. The second-order valence-electron chi connectivity index (χ2n) is 6.86. The molecule has 7 nitrogen and oxygen atoms in total. The summed E-state index contributed by atoms with van der Waals surface area (Å²) in [4.78, 5) is 19.4. The first-order valence-corrected chi connectivity index (χ1v) is 8.60. The van der Waals surface area contributed by atoms with Crippen LogP contribution in [0.3, 0.4) is 0 Å². The van der Waals surface area contributed by atoms with E-state index >= 15 is 0 Å². The SMILES string of the molecule is C=CNc1[nH]ccc1C(=N)N1CCCC2(CC(C)N2C(=O)CC#N)C1. The van der Waals surface area contributed by atoms with E-state index in [-0.39, 0.29) is 23.9 Å². The molecule has 3 heterocycles. The average Bonchev–Trinajstić information content (AvgIpc) is 3.02. The summed E-state index contributed by atoms with van der Waals surface area (Å²) in [7, 11) is 0. The van der Waals surface area contributed by atoms with Gasteiger partial charge in [0, 0.05) is 25.3 Å². The van der Waals surface area contributed by atoms with Crippen LogP contribution in [0.5, 0.6) is 0 Å². The summed E-state index contributed by atoms with van der Waals surface area (Å²) in [5, 5.41) is 20.5. The molecule has 1 aromatic rings. The third-order valence-corrected chi connectivity index (χ3v) is 5.25. The number of aromatic nitrogens is 1. The van der Waals surface area contributed by atoms with Gasteiger partial charge >= 0.3 is 0 Å². The molecule has 2 fully saturated rings. The van der Waals surface area contributed by atoms with Gasteiger partial charge in [0.15, 0.2) is 0 Å². The predicted molar refractivity (Wildman–Crippen MR) is 96.1 cm³/mol. The van der Waals surface area contributed by atoms with Crippen LogP contribution in [0, 0.1) is 16.7 Å². The van der Waals surface area contributed by atoms with E-state index in [1.807, 2.05) is 28.9 Å². The number of nitrogens with one attached hydrogen (secondary N) is 3. The first-order valence-electron chi connectivity index (χ1n) is 8.60. The smallest absolute Gasteiger partial charge is 0.237 e. The van der Waals surface area contributed by atoms with Crippen molar-refractivity contribution < 1.29 is 4.79 Å². The van der Waals surface area contributed by atoms with E-state index in [0.29, 0.717) is 12.4 Å². The van der Waals surface area contributed by atoms with E-state index in [4.69, 9.17) is 10.7 Å². The molecule has 7 heteroatoms. The molecule has 0 aromatic carbocycles. The molecule has 2 unspecified atom stereocenters. The Bertz CT molecular complexity index is 728. The predicted octanol–water partition coefficient (Wildman–Crippen LogP) is 2.26. The molecule has 2 aliphatic rings. The number of H-pyrrole nitrogens is 1. The lowest BCUT2D eigenvalue weighted by Gasteiger charge is -2.61. The van der Waals surface area contributed by atoms with Crippen LogP contribution in [0.2, 0.25) is 0 Å². The average molecular weight is 340 g/mol. The van der Waals surface area contributed by atoms with Gasteiger partial charge in [-0.05, 0) is 38.5 Å². The molecule has 0 bridgehead atoms. The number of carbonyl (C=O) groups is 1. The molecule has 1 spiro atoms. The van der Waals surface area contributed by atoms with Gasteiger partial charge < -0.3 is 20.1 Å². The molecule has 1 amide bonds. The van der Waals surface area contributed by atoms with Crippen molar-refractivity contribution in [2.45, 2.75) is 44.2 Å². The summed E-state index contributed by atoms with van der Waals surface area (Å²) in [6.07, 6.45) is 6.09. The highest BCUT2D eigenvalue weighted by Gasteiger charge is 2.53. The van der Waals surface area contributed by atoms with Crippen molar-refractivity contribution >= 4 is 17.6 Å². The molecule has 0 radical (unpaired) electrons. The molecule has 1 aromatic heterocycles. The second kappa shape index (κ2) is 6.63. The minimum Gasteiger partial charge on any atom is -0.354 e. The zero-order chi connectivity index (χ0) is 18.0. The van der Waals surface area contributed by atoms with Crippen LogP contribution in [-0.4, -0.2) is 51.2 Å². The molecule has 25 heavy (non-hydrogen) atoms. The van der Waals surface area contributed by atoms with Gasteiger partial charge in [-0.15, -0.1) is 0 Å². The maximum atomic E-state index is 12.4. The minimum absolute atomic E-state index is 0.0747. The van der Waals surface area contributed by atoms with Crippen molar-refractivity contribution in [1.29, 1.82) is 10.7 Å². The van der Waals surface area contributed by atoms with Crippen LogP contribution in [0.25, 0.3) is 0 Å². The number of anilines is 1. The minimum atomic E-state index is -0.236. The Labute approximate surface area is 147 Å². The second-order valence-corrected chi connectivity index (χ2v) is 6.86. The molecule has 0 aliphatic carbocycles. The summed E-state index contributed by atoms with van der Waals surface area (Å²) >= 11 is 0. The number of likely N-dealkylation sites (tertiary alicyclic amines) is 2. The van der Waals surface area contributed by atoms with Crippen molar-refractivity contribution in [2.75, 3.05) is 18.4 Å². The standard InChI is InChI=1S/C18H24N6O/c1-3-21-17-14(6-9-22-17)16(20)23-10-4-7-18(12-23)11-13(2)24(18)15(25)5-8-19/h3,6,9,13,20-22H,1,4-5,7,10-12H2,2H3. The number of amidine groups is 1. The van der Waals surface area contributed by atoms with Crippen LogP contribution in [0.15, 0.2) is 25.0 Å². The zero-order valence-corrected chi connectivity index (χ0v) is 14.5. The van der Waals surface area contributed by atoms with E-state index in [1.165, 1.54) is 0 Å². The number of piperidine rings is 1. The number of hydrogen-bond donors (Lipinski definition) is 3. The van der Waals surface area contributed by atoms with Gasteiger partial charge in [-0.2, -0.15) is 5.26 Å². The monoisotopic (exact) mass is 340 g/mol. The Balaban J connectivity index is 1.78. The Morgan fingerprint density at radius 1 is 1.68 bits per heavy atom. The van der Waals surface area contributed by atoms with Gasteiger partial charge in [-0.3, -0.25) is 10.2 Å². The van der Waals surface area contributed by atoms with Crippen molar-refractivity contribution in [3.63, 3.8) is 0 Å². The van der Waals surface area contributed by atoms with Gasteiger partial charge in [-0.1, -0.05) is 6.58 Å². The lowest BCUT2D eigenvalue weighted by molar-refractivity contribution is -0.160. The number of nitriles is 1. The molecular weight excluding hydrogens is 316 g/mol. The highest BCUT2D eigenvalue weighted by molar-refractivity contribution is 6.01. The number of hydrogen-bond acceptors (Lipinski definition) is 4. The maximum absolute atomic E-state index is 12.4. The highest BCUT2D eigenvalue weighted by Crippen LogP contribution is 2.43. The molecule has 2 aliphatic heterocycles. The summed E-state index contributed by atoms with van der Waals surface area (Å²) in [6, 6.07) is 4.01. The van der Waals surface area contributed by atoms with Crippen LogP contribution < -0.4 is 5.32 Å². The zero-order valence-electron chi connectivity index (χ0n) is 14.5. The topological polar surface area (TPSA) is 99.0 Å². The Kier molecular flexibility index (Phi) is 4.53. The fourth-order valence-corrected chi connectivity index (χ4v) is 4.38. The molecule has 3 rings (SSSR count). The van der Waals surface area contributed by atoms with Crippen LogP contribution in [0.1, 0.15) is 38.2 Å². The molecule has 3 N–H and O–H groups in total. The van der Waals surface area contributed by atoms with E-state index in [2.05, 4.69) is 16.9 Å². The molecule has 2 saturated heterocycles. The third-order valence-electron chi connectivity index (χ3n) is 5.25. The number of nitrogens with zero attached hydrogens (tertiary/aromatic N) is 3. The van der Waals surface area contributed by atoms with Gasteiger partial charge in [0.2, 0.25) is 5.91 Å². The van der Waals surface area contributed by atoms with Crippen LogP contribution in [0.4, 0.5) is 5.82 Å². The van der Waals surface area contributed by atoms with E-state index in [9.17, 15) is 4.79 Å². The fraction of sp³-hybridized carbons (Fsp3) is 0.500. The quantitative estimate of drug-likeness (QED) is 0.578. The summed E-state index contributed by atoms with van der Waals surface area (Å²) in [5.41, 5.74) is 0.555. The highest BCUT2D eigenvalue weighted by atomic mass is 16.2. The molecular formula is C18H24N6O. The van der Waals surface area contributed by atoms with Crippen molar-refractivity contribution in [3.05, 3.63) is 30.6 Å². The van der Waals surface area contributed by atoms with E-state index in [1.54, 1.807) is 12.4 Å². The van der Waals surface area contributed by atoms with Gasteiger partial charge in [-0.25, -0.2) is 0 Å². The maximum Gasteiger partial charge on any atom is 0.237 e. The Hall–Kier alpha value is -2.75. The number of carbonyl (C=O) groups excluding carboxylic acids is 1. The van der Waals surface area contributed by atoms with Gasteiger partial charge in [0.25, 0.3) is 0 Å². The fourth-order valence-electron chi connectivity index (χ4n) is 4.38. The lowest BCUT2D eigenvalue weighted by Crippen LogP contribution is -2.72. The number of amides is 1. The van der Waals surface area contributed by atoms with Gasteiger partial charge in [0.1, 0.15) is 18.1 Å². The van der Waals surface area contributed by atoms with Crippen LogP contribution in [-0.2, 0) is 4.79 Å². The summed E-state index contributed by atoms with van der Waals surface area (Å²) in [6.45, 7) is 7.14. The van der Waals surface area contributed by atoms with E-state index < -0.39 is 0 Å². The third kappa shape index (κ3) is 2.88. The van der Waals surface area contributed by atoms with Crippen LogP contribution >= 0.6 is 0 Å². The molecule has 0 saturated carbocycles. The largest absolute Gasteiger partial charge is 0.354 e. The number of aromatic amines is 1. The normalized spacial score (nSPS) is 25.2. The van der Waals surface area contributed by atoms with Crippen molar-refractivity contribution in [3.8, 4) is 6.07 Å². The number of rotatable bonds is 4. The molecule has 2 atom stereocenters. The summed E-state index contributed by atoms with van der Waals surface area (Å²) < 4.78 is 0. The van der Waals surface area contributed by atoms with E-state index in [0.717, 1.165) is 37.2 Å². The summed E-state index contributed by atoms with van der Waals surface area (Å²) in [5.74, 6) is 1.10. The lowest BCUT2D eigenvalue weighted by atomic mass is 9.73. The van der Waals surface area contributed by atoms with Crippen molar-refractivity contribution in [1.82, 2.24) is 14.8 Å². The first kappa shape index (κ1) is 17.1. The van der Waals surface area contributed by atoms with Crippen molar-refractivity contribution in [2.24, 2.45) is 0 Å². The first-order chi connectivity index (χ1) is 12.0.